The lowest BCUT2D eigenvalue weighted by atomic mass is 10.1. The van der Waals surface area contributed by atoms with E-state index in [-0.39, 0.29) is 24.0 Å². The summed E-state index contributed by atoms with van der Waals surface area (Å²) in [6, 6.07) is 8.43. The van der Waals surface area contributed by atoms with Gasteiger partial charge in [0.05, 0.1) is 5.01 Å². The molecule has 0 saturated heterocycles. The van der Waals surface area contributed by atoms with E-state index in [1.807, 2.05) is 6.92 Å². The van der Waals surface area contributed by atoms with Crippen molar-refractivity contribution in [1.29, 1.82) is 0 Å². The van der Waals surface area contributed by atoms with E-state index in [9.17, 15) is 0 Å². The second kappa shape index (κ2) is 11.3. The summed E-state index contributed by atoms with van der Waals surface area (Å²) in [6.45, 7) is 6.67. The Morgan fingerprint density at radius 1 is 1.22 bits per heavy atom. The van der Waals surface area contributed by atoms with Crippen LogP contribution in [-0.2, 0) is 12.8 Å². The first-order valence-electron chi connectivity index (χ1n) is 9.24. The third-order valence-corrected chi connectivity index (χ3v) is 5.22. The Morgan fingerprint density at radius 2 is 2.07 bits per heavy atom. The molecular formula is C20H28IN5S. The van der Waals surface area contributed by atoms with Crippen molar-refractivity contribution in [2.24, 2.45) is 4.99 Å². The molecule has 3 aromatic rings. The lowest BCUT2D eigenvalue weighted by Crippen LogP contribution is -2.38. The van der Waals surface area contributed by atoms with Crippen LogP contribution in [0.15, 0.2) is 40.8 Å². The maximum atomic E-state index is 4.68. The van der Waals surface area contributed by atoms with Crippen molar-refractivity contribution >= 4 is 52.2 Å². The molecule has 0 spiro atoms. The molecule has 0 bridgehead atoms. The summed E-state index contributed by atoms with van der Waals surface area (Å²) < 4.78 is 0. The third kappa shape index (κ3) is 6.49. The molecule has 27 heavy (non-hydrogen) atoms. The van der Waals surface area contributed by atoms with E-state index in [0.29, 0.717) is 0 Å². The number of aliphatic imine (C=N–C) groups is 1. The van der Waals surface area contributed by atoms with Gasteiger partial charge >= 0.3 is 0 Å². The van der Waals surface area contributed by atoms with E-state index in [1.165, 1.54) is 21.5 Å². The number of hydrogen-bond acceptors (Lipinski definition) is 3. The monoisotopic (exact) mass is 497 g/mol. The summed E-state index contributed by atoms with van der Waals surface area (Å²) in [5.74, 6) is 0.891. The van der Waals surface area contributed by atoms with Gasteiger partial charge in [0.25, 0.3) is 0 Å². The predicted octanol–water partition coefficient (Wildman–Crippen LogP) is 4.28. The van der Waals surface area contributed by atoms with E-state index in [1.54, 1.807) is 11.3 Å². The van der Waals surface area contributed by atoms with Crippen LogP contribution in [0.1, 0.15) is 29.6 Å². The number of thiazole rings is 1. The number of rotatable bonds is 8. The molecule has 0 fully saturated rings. The van der Waals surface area contributed by atoms with E-state index in [4.69, 9.17) is 0 Å². The molecule has 0 aliphatic heterocycles. The summed E-state index contributed by atoms with van der Waals surface area (Å²) in [7, 11) is 0. The van der Waals surface area contributed by atoms with Crippen LogP contribution in [0.3, 0.4) is 0 Å². The van der Waals surface area contributed by atoms with E-state index in [2.05, 4.69) is 68.4 Å². The number of fused-ring (bicyclic) bond motifs is 1. The fourth-order valence-electron chi connectivity index (χ4n) is 2.93. The van der Waals surface area contributed by atoms with Gasteiger partial charge in [0.15, 0.2) is 5.96 Å². The summed E-state index contributed by atoms with van der Waals surface area (Å²) in [5.41, 5.74) is 3.64. The zero-order valence-corrected chi connectivity index (χ0v) is 19.1. The van der Waals surface area contributed by atoms with Crippen LogP contribution < -0.4 is 10.6 Å². The molecule has 0 unspecified atom stereocenters. The van der Waals surface area contributed by atoms with Crippen molar-refractivity contribution in [3.8, 4) is 0 Å². The van der Waals surface area contributed by atoms with Gasteiger partial charge in [-0.2, -0.15) is 0 Å². The molecule has 3 N–H and O–H groups in total. The first-order chi connectivity index (χ1) is 12.8. The first kappa shape index (κ1) is 21.7. The fraction of sp³-hybridized carbons (Fsp3) is 0.400. The molecule has 7 heteroatoms. The molecule has 3 rings (SSSR count). The molecule has 2 aromatic heterocycles. The maximum absolute atomic E-state index is 4.68. The molecule has 0 aliphatic carbocycles. The van der Waals surface area contributed by atoms with Crippen molar-refractivity contribution in [3.63, 3.8) is 0 Å². The van der Waals surface area contributed by atoms with Gasteiger partial charge in [-0.1, -0.05) is 18.2 Å². The number of H-pyrrole nitrogens is 1. The van der Waals surface area contributed by atoms with Gasteiger partial charge < -0.3 is 15.6 Å². The highest BCUT2D eigenvalue weighted by molar-refractivity contribution is 14.0. The van der Waals surface area contributed by atoms with Crippen LogP contribution in [0.5, 0.6) is 0 Å². The first-order valence-corrected chi connectivity index (χ1v) is 10.1. The summed E-state index contributed by atoms with van der Waals surface area (Å²) >= 11 is 1.74. The quantitative estimate of drug-likeness (QED) is 0.188. The van der Waals surface area contributed by atoms with Gasteiger partial charge in [-0.05, 0) is 38.3 Å². The Labute approximate surface area is 182 Å². The summed E-state index contributed by atoms with van der Waals surface area (Å²) in [5, 5.41) is 11.4. The number of nitrogens with zero attached hydrogens (tertiary/aromatic N) is 2. The maximum Gasteiger partial charge on any atom is 0.191 e. The summed E-state index contributed by atoms with van der Waals surface area (Å²) in [4.78, 5) is 12.5. The van der Waals surface area contributed by atoms with E-state index < -0.39 is 0 Å². The molecule has 0 radical (unpaired) electrons. The molecule has 0 amide bonds. The zero-order chi connectivity index (χ0) is 18.2. The van der Waals surface area contributed by atoms with Crippen molar-refractivity contribution in [1.82, 2.24) is 20.6 Å². The second-order valence-electron chi connectivity index (χ2n) is 6.28. The highest BCUT2D eigenvalue weighted by atomic mass is 127. The lowest BCUT2D eigenvalue weighted by Gasteiger charge is -2.11. The van der Waals surface area contributed by atoms with Crippen molar-refractivity contribution in [3.05, 3.63) is 52.1 Å². The normalized spacial score (nSPS) is 11.4. The number of aryl methyl sites for hydroxylation is 2. The molecule has 0 aliphatic rings. The third-order valence-electron chi connectivity index (χ3n) is 4.19. The molecule has 5 nitrogen and oxygen atoms in total. The standard InChI is InChI=1S/C20H27N5S.HI/c1-3-21-20(22-11-6-9-19-25-15(2)14-26-19)23-12-10-16-13-24-18-8-5-4-7-17(16)18;/h4-5,7-8,13-14,24H,3,6,9-12H2,1-2H3,(H2,21,22,23);1H. The molecule has 0 atom stereocenters. The number of aromatic nitrogens is 2. The Morgan fingerprint density at radius 3 is 2.85 bits per heavy atom. The number of nitrogens with one attached hydrogen (secondary N) is 3. The summed E-state index contributed by atoms with van der Waals surface area (Å²) in [6.07, 6.45) is 5.09. The predicted molar refractivity (Wildman–Crippen MR) is 127 cm³/mol. The zero-order valence-electron chi connectivity index (χ0n) is 15.9. The number of hydrogen-bond donors (Lipinski definition) is 3. The topological polar surface area (TPSA) is 65.1 Å². The van der Waals surface area contributed by atoms with Crippen molar-refractivity contribution in [2.45, 2.75) is 33.1 Å². The van der Waals surface area contributed by atoms with Gasteiger partial charge in [-0.3, -0.25) is 4.99 Å². The van der Waals surface area contributed by atoms with Crippen molar-refractivity contribution < 1.29 is 0 Å². The van der Waals surface area contributed by atoms with Gasteiger partial charge in [0.2, 0.25) is 0 Å². The van der Waals surface area contributed by atoms with E-state index in [0.717, 1.165) is 50.6 Å². The SMILES string of the molecule is CCNC(=NCCCc1nc(C)cs1)NCCc1c[nH]c2ccccc12.I. The molecule has 2 heterocycles. The molecule has 1 aromatic carbocycles. The number of halogens is 1. The Balaban J connectivity index is 0.00000261. The number of guanidine groups is 1. The Bertz CT molecular complexity index is 855. The smallest absolute Gasteiger partial charge is 0.191 e. The van der Waals surface area contributed by atoms with Crippen LogP contribution in [0, 0.1) is 6.92 Å². The second-order valence-corrected chi connectivity index (χ2v) is 7.23. The average Bonchev–Trinajstić information content (AvgIpc) is 3.25. The van der Waals surface area contributed by atoms with Crippen molar-refractivity contribution in [2.75, 3.05) is 19.6 Å². The fourth-order valence-corrected chi connectivity index (χ4v) is 3.75. The highest BCUT2D eigenvalue weighted by Gasteiger charge is 2.04. The van der Waals surface area contributed by atoms with Crippen LogP contribution in [-0.4, -0.2) is 35.6 Å². The lowest BCUT2D eigenvalue weighted by molar-refractivity contribution is 0.775. The minimum Gasteiger partial charge on any atom is -0.361 e. The number of para-hydroxylation sites is 1. The van der Waals surface area contributed by atoms with E-state index >= 15 is 0 Å². The highest BCUT2D eigenvalue weighted by Crippen LogP contribution is 2.17. The van der Waals surface area contributed by atoms with Gasteiger partial charge in [0, 0.05) is 54.2 Å². The van der Waals surface area contributed by atoms with Crippen LogP contribution in [0.4, 0.5) is 0 Å². The van der Waals surface area contributed by atoms with Gasteiger partial charge in [0.1, 0.15) is 0 Å². The van der Waals surface area contributed by atoms with Gasteiger partial charge in [-0.25, -0.2) is 4.98 Å². The Hall–Kier alpha value is -1.61. The molecule has 146 valence electrons. The number of benzene rings is 1. The Kier molecular flexibility index (Phi) is 9.06. The minimum atomic E-state index is 0. The van der Waals surface area contributed by atoms with Gasteiger partial charge in [-0.15, -0.1) is 35.3 Å². The average molecular weight is 497 g/mol. The van der Waals surface area contributed by atoms with Crippen LogP contribution in [0.25, 0.3) is 10.9 Å². The minimum absolute atomic E-state index is 0. The number of aromatic amines is 1. The van der Waals surface area contributed by atoms with Crippen LogP contribution >= 0.6 is 35.3 Å². The van der Waals surface area contributed by atoms with Crippen LogP contribution in [0.2, 0.25) is 0 Å². The molecular weight excluding hydrogens is 469 g/mol. The largest absolute Gasteiger partial charge is 0.361 e. The molecule has 0 saturated carbocycles.